The van der Waals surface area contributed by atoms with Gasteiger partial charge in [-0.05, 0) is 43.6 Å². The molecule has 0 saturated carbocycles. The molecular weight excluding hydrogens is 217 g/mol. The molecule has 14 heavy (non-hydrogen) atoms. The zero-order valence-corrected chi connectivity index (χ0v) is 9.48. The van der Waals surface area contributed by atoms with E-state index in [1.807, 2.05) is 18.2 Å². The Morgan fingerprint density at radius 1 is 1.14 bits per heavy atom. The highest BCUT2D eigenvalue weighted by molar-refractivity contribution is 6.35. The normalized spacial score (nSPS) is 17.6. The predicted molar refractivity (Wildman–Crippen MR) is 61.0 cm³/mol. The van der Waals surface area contributed by atoms with Crippen LogP contribution in [0, 0.1) is 0 Å². The maximum Gasteiger partial charge on any atom is 0.0465 e. The molecule has 1 nitrogen and oxygen atoms in total. The van der Waals surface area contributed by atoms with Crippen molar-refractivity contribution in [2.24, 2.45) is 0 Å². The van der Waals surface area contributed by atoms with Gasteiger partial charge in [-0.25, -0.2) is 0 Å². The molecule has 0 spiro atoms. The first-order chi connectivity index (χ1) is 6.75. The molecule has 0 amide bonds. The fraction of sp³-hybridized carbons (Fsp3) is 0.455. The van der Waals surface area contributed by atoms with Crippen LogP contribution in [0.25, 0.3) is 0 Å². The summed E-state index contributed by atoms with van der Waals surface area (Å²) in [7, 11) is 0. The predicted octanol–water partition coefficient (Wildman–Crippen LogP) is 3.59. The lowest BCUT2D eigenvalue weighted by Crippen LogP contribution is -2.18. The van der Waals surface area contributed by atoms with Crippen LogP contribution in [0.5, 0.6) is 0 Å². The monoisotopic (exact) mass is 229 g/mol. The zero-order valence-electron chi connectivity index (χ0n) is 7.97. The van der Waals surface area contributed by atoms with Crippen molar-refractivity contribution >= 4 is 23.2 Å². The van der Waals surface area contributed by atoms with Crippen molar-refractivity contribution in [1.29, 1.82) is 0 Å². The standard InChI is InChI=1S/C11H13Cl2N/c12-10-4-3-9(11(13)7-10)8-14-5-1-2-6-14/h3-4,7H,1-2,5-6,8H2. The van der Waals surface area contributed by atoms with Gasteiger partial charge < -0.3 is 0 Å². The van der Waals surface area contributed by atoms with Crippen LogP contribution in [0.2, 0.25) is 10.0 Å². The Labute approximate surface area is 94.6 Å². The summed E-state index contributed by atoms with van der Waals surface area (Å²) < 4.78 is 0. The highest BCUT2D eigenvalue weighted by Crippen LogP contribution is 2.23. The number of benzene rings is 1. The quantitative estimate of drug-likeness (QED) is 0.750. The van der Waals surface area contributed by atoms with Crippen LogP contribution in [-0.2, 0) is 6.54 Å². The number of hydrogen-bond donors (Lipinski definition) is 0. The Hall–Kier alpha value is -0.240. The SMILES string of the molecule is Clc1ccc(CN2CCCC2)c(Cl)c1. The second-order valence-corrected chi connectivity index (χ2v) is 4.56. The average molecular weight is 230 g/mol. The molecule has 0 atom stereocenters. The summed E-state index contributed by atoms with van der Waals surface area (Å²) in [6.45, 7) is 3.34. The molecule has 1 aromatic rings. The smallest absolute Gasteiger partial charge is 0.0465 e. The van der Waals surface area contributed by atoms with Gasteiger partial charge in [0.1, 0.15) is 0 Å². The van der Waals surface area contributed by atoms with Crippen LogP contribution in [-0.4, -0.2) is 18.0 Å². The molecule has 1 aliphatic rings. The highest BCUT2D eigenvalue weighted by Gasteiger charge is 2.13. The summed E-state index contributed by atoms with van der Waals surface area (Å²) in [6.07, 6.45) is 2.62. The third-order valence-electron chi connectivity index (χ3n) is 2.61. The molecule has 0 N–H and O–H groups in total. The molecule has 0 aliphatic carbocycles. The zero-order chi connectivity index (χ0) is 9.97. The van der Waals surface area contributed by atoms with Crippen LogP contribution >= 0.6 is 23.2 Å². The molecule has 0 bridgehead atoms. The Morgan fingerprint density at radius 3 is 2.50 bits per heavy atom. The fourth-order valence-electron chi connectivity index (χ4n) is 1.83. The maximum atomic E-state index is 6.10. The second-order valence-electron chi connectivity index (χ2n) is 3.72. The minimum Gasteiger partial charge on any atom is -0.299 e. The molecule has 2 rings (SSSR count). The van der Waals surface area contributed by atoms with Crippen molar-refractivity contribution < 1.29 is 0 Å². The molecule has 1 fully saturated rings. The Kier molecular flexibility index (Phi) is 3.32. The first-order valence-corrected chi connectivity index (χ1v) is 5.67. The van der Waals surface area contributed by atoms with Crippen LogP contribution in [0.3, 0.4) is 0 Å². The number of hydrogen-bond acceptors (Lipinski definition) is 1. The molecular formula is C11H13Cl2N. The summed E-state index contributed by atoms with van der Waals surface area (Å²) in [4.78, 5) is 2.43. The summed E-state index contributed by atoms with van der Waals surface area (Å²) in [5, 5.41) is 1.49. The van der Waals surface area contributed by atoms with Gasteiger partial charge in [-0.3, -0.25) is 4.90 Å². The lowest BCUT2D eigenvalue weighted by molar-refractivity contribution is 0.331. The van der Waals surface area contributed by atoms with Crippen LogP contribution in [0.1, 0.15) is 18.4 Å². The van der Waals surface area contributed by atoms with E-state index in [4.69, 9.17) is 23.2 Å². The van der Waals surface area contributed by atoms with Crippen molar-refractivity contribution in [3.05, 3.63) is 33.8 Å². The molecule has 76 valence electrons. The number of rotatable bonds is 2. The average Bonchev–Trinajstić information content (AvgIpc) is 2.62. The van der Waals surface area contributed by atoms with Gasteiger partial charge >= 0.3 is 0 Å². The van der Waals surface area contributed by atoms with Crippen molar-refractivity contribution in [2.75, 3.05) is 13.1 Å². The molecule has 0 aromatic heterocycles. The Bertz CT molecular complexity index is 319. The van der Waals surface area contributed by atoms with E-state index in [1.54, 1.807) is 0 Å². The molecule has 1 aromatic carbocycles. The third kappa shape index (κ3) is 2.41. The first-order valence-electron chi connectivity index (χ1n) is 4.92. The third-order valence-corrected chi connectivity index (χ3v) is 3.19. The van der Waals surface area contributed by atoms with Crippen LogP contribution in [0.4, 0.5) is 0 Å². The lowest BCUT2D eigenvalue weighted by Gasteiger charge is -2.15. The van der Waals surface area contributed by atoms with Gasteiger partial charge in [0.25, 0.3) is 0 Å². The van der Waals surface area contributed by atoms with E-state index in [1.165, 1.54) is 31.5 Å². The minimum absolute atomic E-state index is 0.708. The number of halogens is 2. The van der Waals surface area contributed by atoms with Crippen molar-refractivity contribution in [2.45, 2.75) is 19.4 Å². The summed E-state index contributed by atoms with van der Waals surface area (Å²) in [6, 6.07) is 5.73. The van der Waals surface area contributed by atoms with E-state index in [-0.39, 0.29) is 0 Å². The molecule has 1 saturated heterocycles. The van der Waals surface area contributed by atoms with E-state index in [0.717, 1.165) is 11.6 Å². The van der Waals surface area contributed by atoms with Gasteiger partial charge in [-0.1, -0.05) is 29.3 Å². The lowest BCUT2D eigenvalue weighted by atomic mass is 10.2. The van der Waals surface area contributed by atoms with Crippen molar-refractivity contribution in [1.82, 2.24) is 4.90 Å². The molecule has 0 radical (unpaired) electrons. The molecule has 3 heteroatoms. The second kappa shape index (κ2) is 4.52. The number of nitrogens with zero attached hydrogens (tertiary/aromatic N) is 1. The molecule has 1 aliphatic heterocycles. The maximum absolute atomic E-state index is 6.10. The summed E-state index contributed by atoms with van der Waals surface area (Å²) in [5.41, 5.74) is 1.18. The van der Waals surface area contributed by atoms with E-state index >= 15 is 0 Å². The highest BCUT2D eigenvalue weighted by atomic mass is 35.5. The van der Waals surface area contributed by atoms with Gasteiger partial charge in [-0.15, -0.1) is 0 Å². The Morgan fingerprint density at radius 2 is 1.86 bits per heavy atom. The van der Waals surface area contributed by atoms with E-state index in [2.05, 4.69) is 4.90 Å². The van der Waals surface area contributed by atoms with Crippen LogP contribution < -0.4 is 0 Å². The fourth-order valence-corrected chi connectivity index (χ4v) is 2.30. The van der Waals surface area contributed by atoms with Gasteiger partial charge in [-0.2, -0.15) is 0 Å². The number of likely N-dealkylation sites (tertiary alicyclic amines) is 1. The van der Waals surface area contributed by atoms with Crippen molar-refractivity contribution in [3.8, 4) is 0 Å². The largest absolute Gasteiger partial charge is 0.299 e. The van der Waals surface area contributed by atoms with E-state index < -0.39 is 0 Å². The van der Waals surface area contributed by atoms with Gasteiger partial charge in [0.2, 0.25) is 0 Å². The van der Waals surface area contributed by atoms with Gasteiger partial charge in [0, 0.05) is 16.6 Å². The first kappa shape index (κ1) is 10.3. The van der Waals surface area contributed by atoms with Gasteiger partial charge in [0.15, 0.2) is 0 Å². The molecule has 0 unspecified atom stereocenters. The van der Waals surface area contributed by atoms with E-state index in [9.17, 15) is 0 Å². The van der Waals surface area contributed by atoms with Gasteiger partial charge in [0.05, 0.1) is 0 Å². The van der Waals surface area contributed by atoms with Crippen LogP contribution in [0.15, 0.2) is 18.2 Å². The summed E-state index contributed by atoms with van der Waals surface area (Å²) >= 11 is 11.9. The molecule has 1 heterocycles. The Balaban J connectivity index is 2.08. The summed E-state index contributed by atoms with van der Waals surface area (Å²) in [5.74, 6) is 0. The minimum atomic E-state index is 0.708. The van der Waals surface area contributed by atoms with Crippen molar-refractivity contribution in [3.63, 3.8) is 0 Å². The topological polar surface area (TPSA) is 3.24 Å². The van der Waals surface area contributed by atoms with E-state index in [0.29, 0.717) is 5.02 Å².